The van der Waals surface area contributed by atoms with Crippen LogP contribution in [-0.4, -0.2) is 53.4 Å². The number of carbonyl (C=O) groups excluding carboxylic acids is 4. The Labute approximate surface area is 234 Å². The molecule has 0 heterocycles. The first-order valence-electron chi connectivity index (χ1n) is 14.2. The van der Waals surface area contributed by atoms with E-state index >= 15 is 0 Å². The Hall–Kier alpha value is -3.10. The van der Waals surface area contributed by atoms with E-state index in [0.717, 1.165) is 43.2 Å². The number of hydrogen-bond donors (Lipinski definition) is 3. The fourth-order valence-electron chi connectivity index (χ4n) is 4.40. The van der Waals surface area contributed by atoms with Gasteiger partial charge in [-0.3, -0.25) is 14.4 Å². The third-order valence-electron chi connectivity index (χ3n) is 6.15. The van der Waals surface area contributed by atoms with Crippen LogP contribution in [0.3, 0.4) is 0 Å². The number of unbranched alkanes of at least 4 members (excludes halogenated alkanes) is 4. The summed E-state index contributed by atoms with van der Waals surface area (Å²) in [5.41, 5.74) is 7.28. The molecule has 4 amide bonds. The number of nitrogens with zero attached hydrogens (tertiary/aromatic N) is 1. The molecule has 0 aromatic heterocycles. The van der Waals surface area contributed by atoms with Crippen molar-refractivity contribution >= 4 is 23.8 Å². The van der Waals surface area contributed by atoms with Crippen LogP contribution in [0.4, 0.5) is 4.79 Å². The molecule has 1 aromatic carbocycles. The Morgan fingerprint density at radius 1 is 0.949 bits per heavy atom. The van der Waals surface area contributed by atoms with E-state index in [-0.39, 0.29) is 18.7 Å². The second-order valence-electron chi connectivity index (χ2n) is 11.3. The molecule has 39 heavy (non-hydrogen) atoms. The van der Waals surface area contributed by atoms with Gasteiger partial charge in [-0.1, -0.05) is 68.9 Å². The van der Waals surface area contributed by atoms with E-state index in [2.05, 4.69) is 17.6 Å². The fraction of sp³-hybridized carbons (Fsp3) is 0.667. The standard InChI is InChI=1S/C30H50N4O5/c1-8-10-12-13-17-34(28(37)24(14-15-25(31)35)33-29(38)39-30(5,6)7)26(27(36)32-16-11-9-2)23-19-21(3)18-22(4)20-23/h18-20,24,26H,8-17H2,1-7H3,(H2,31,35)(H,32,36)(H,33,38). The first-order valence-corrected chi connectivity index (χ1v) is 14.2. The minimum Gasteiger partial charge on any atom is -0.444 e. The molecule has 9 heteroatoms. The van der Waals surface area contributed by atoms with Crippen molar-refractivity contribution in [3.05, 3.63) is 34.9 Å². The van der Waals surface area contributed by atoms with Crippen molar-refractivity contribution in [3.8, 4) is 0 Å². The lowest BCUT2D eigenvalue weighted by atomic mass is 9.97. The molecule has 1 rings (SSSR count). The molecule has 0 aliphatic rings. The smallest absolute Gasteiger partial charge is 0.408 e. The van der Waals surface area contributed by atoms with Crippen molar-refractivity contribution < 1.29 is 23.9 Å². The zero-order chi connectivity index (χ0) is 29.6. The Morgan fingerprint density at radius 2 is 1.56 bits per heavy atom. The number of ether oxygens (including phenoxy) is 1. The van der Waals surface area contributed by atoms with Gasteiger partial charge in [0.05, 0.1) is 0 Å². The number of nitrogens with one attached hydrogen (secondary N) is 2. The number of aryl methyl sites for hydroxylation is 2. The van der Waals surface area contributed by atoms with E-state index in [0.29, 0.717) is 25.1 Å². The summed E-state index contributed by atoms with van der Waals surface area (Å²) in [7, 11) is 0. The van der Waals surface area contributed by atoms with Crippen molar-refractivity contribution in [2.24, 2.45) is 5.73 Å². The number of primary amides is 1. The average Bonchev–Trinajstić information content (AvgIpc) is 2.81. The van der Waals surface area contributed by atoms with Gasteiger partial charge in [-0.25, -0.2) is 4.79 Å². The van der Waals surface area contributed by atoms with E-state index in [1.165, 1.54) is 0 Å². The highest BCUT2D eigenvalue weighted by Gasteiger charge is 2.36. The van der Waals surface area contributed by atoms with Crippen LogP contribution in [0.15, 0.2) is 18.2 Å². The van der Waals surface area contributed by atoms with Gasteiger partial charge in [0.2, 0.25) is 17.7 Å². The molecule has 2 unspecified atom stereocenters. The molecule has 220 valence electrons. The van der Waals surface area contributed by atoms with Crippen molar-refractivity contribution in [2.45, 2.75) is 118 Å². The molecule has 0 saturated carbocycles. The molecule has 0 bridgehead atoms. The monoisotopic (exact) mass is 546 g/mol. The molecular formula is C30H50N4O5. The summed E-state index contributed by atoms with van der Waals surface area (Å²) < 4.78 is 5.39. The van der Waals surface area contributed by atoms with Gasteiger partial charge in [0.1, 0.15) is 17.7 Å². The minimum absolute atomic E-state index is 0.00408. The van der Waals surface area contributed by atoms with Gasteiger partial charge >= 0.3 is 6.09 Å². The third-order valence-corrected chi connectivity index (χ3v) is 6.15. The second kappa shape index (κ2) is 16.8. The highest BCUT2D eigenvalue weighted by atomic mass is 16.6. The quantitative estimate of drug-likeness (QED) is 0.256. The molecule has 1 aromatic rings. The largest absolute Gasteiger partial charge is 0.444 e. The highest BCUT2D eigenvalue weighted by Crippen LogP contribution is 2.26. The van der Waals surface area contributed by atoms with Gasteiger partial charge in [0, 0.05) is 19.5 Å². The van der Waals surface area contributed by atoms with Crippen LogP contribution < -0.4 is 16.4 Å². The van der Waals surface area contributed by atoms with Crippen LogP contribution >= 0.6 is 0 Å². The molecule has 0 radical (unpaired) electrons. The number of carbonyl (C=O) groups is 4. The Kier molecular flexibility index (Phi) is 14.6. The zero-order valence-electron chi connectivity index (χ0n) is 25.0. The summed E-state index contributed by atoms with van der Waals surface area (Å²) in [5.74, 6) is -1.31. The molecular weight excluding hydrogens is 496 g/mol. The molecule has 9 nitrogen and oxygen atoms in total. The molecule has 0 aliphatic carbocycles. The molecule has 0 aliphatic heterocycles. The van der Waals surface area contributed by atoms with Gasteiger partial charge in [-0.15, -0.1) is 0 Å². The summed E-state index contributed by atoms with van der Waals surface area (Å²) in [6, 6.07) is 3.87. The topological polar surface area (TPSA) is 131 Å². The van der Waals surface area contributed by atoms with Crippen LogP contribution in [-0.2, 0) is 19.1 Å². The fourth-order valence-corrected chi connectivity index (χ4v) is 4.40. The maximum atomic E-state index is 14.2. The molecule has 0 fully saturated rings. The minimum atomic E-state index is -1.09. The number of alkyl carbamates (subject to hydrolysis) is 1. The maximum Gasteiger partial charge on any atom is 0.408 e. The lowest BCUT2D eigenvalue weighted by molar-refractivity contribution is -0.142. The number of nitrogens with two attached hydrogens (primary N) is 1. The predicted octanol–water partition coefficient (Wildman–Crippen LogP) is 4.83. The van der Waals surface area contributed by atoms with Gasteiger partial charge < -0.3 is 26.0 Å². The molecule has 0 spiro atoms. The van der Waals surface area contributed by atoms with Crippen LogP contribution in [0.25, 0.3) is 0 Å². The molecule has 2 atom stereocenters. The predicted molar refractivity (Wildman–Crippen MR) is 154 cm³/mol. The number of hydrogen-bond acceptors (Lipinski definition) is 5. The first kappa shape index (κ1) is 33.9. The van der Waals surface area contributed by atoms with E-state index < -0.39 is 35.6 Å². The Bertz CT molecular complexity index is 937. The second-order valence-corrected chi connectivity index (χ2v) is 11.3. The number of amides is 4. The van der Waals surface area contributed by atoms with Crippen molar-refractivity contribution in [3.63, 3.8) is 0 Å². The average molecular weight is 547 g/mol. The normalized spacial score (nSPS) is 12.8. The van der Waals surface area contributed by atoms with Crippen molar-refractivity contribution in [1.29, 1.82) is 0 Å². The van der Waals surface area contributed by atoms with Crippen molar-refractivity contribution in [2.75, 3.05) is 13.1 Å². The molecule has 0 saturated heterocycles. The zero-order valence-corrected chi connectivity index (χ0v) is 25.0. The third kappa shape index (κ3) is 13.0. The van der Waals surface area contributed by atoms with Gasteiger partial charge in [0.15, 0.2) is 0 Å². The van der Waals surface area contributed by atoms with Crippen LogP contribution in [0.5, 0.6) is 0 Å². The van der Waals surface area contributed by atoms with Crippen molar-refractivity contribution in [1.82, 2.24) is 15.5 Å². The van der Waals surface area contributed by atoms with Gasteiger partial charge in [-0.2, -0.15) is 0 Å². The van der Waals surface area contributed by atoms with E-state index in [4.69, 9.17) is 10.5 Å². The SMILES string of the molecule is CCCCCCN(C(=O)C(CCC(N)=O)NC(=O)OC(C)(C)C)C(C(=O)NCCCC)c1cc(C)cc(C)c1. The first-order chi connectivity index (χ1) is 18.3. The summed E-state index contributed by atoms with van der Waals surface area (Å²) in [4.78, 5) is 53.7. The van der Waals surface area contributed by atoms with Crippen LogP contribution in [0.1, 0.15) is 109 Å². The van der Waals surface area contributed by atoms with Gasteiger partial charge in [-0.05, 0) is 59.4 Å². The summed E-state index contributed by atoms with van der Waals surface area (Å²) in [6.07, 6.45) is 4.46. The lowest BCUT2D eigenvalue weighted by Crippen LogP contribution is -2.53. The lowest BCUT2D eigenvalue weighted by Gasteiger charge is -2.35. The Balaban J connectivity index is 3.53. The van der Waals surface area contributed by atoms with E-state index in [1.54, 1.807) is 25.7 Å². The van der Waals surface area contributed by atoms with Gasteiger partial charge in [0.25, 0.3) is 0 Å². The van der Waals surface area contributed by atoms with Crippen LogP contribution in [0.2, 0.25) is 0 Å². The number of benzene rings is 1. The Morgan fingerprint density at radius 3 is 2.10 bits per heavy atom. The van der Waals surface area contributed by atoms with E-state index in [9.17, 15) is 19.2 Å². The maximum absolute atomic E-state index is 14.2. The number of rotatable bonds is 16. The molecule has 4 N–H and O–H groups in total. The summed E-state index contributed by atoms with van der Waals surface area (Å²) in [6.45, 7) is 14.1. The summed E-state index contributed by atoms with van der Waals surface area (Å²) >= 11 is 0. The summed E-state index contributed by atoms with van der Waals surface area (Å²) in [5, 5.41) is 5.64. The van der Waals surface area contributed by atoms with E-state index in [1.807, 2.05) is 39.0 Å². The highest BCUT2D eigenvalue weighted by molar-refractivity contribution is 5.92. The van der Waals surface area contributed by atoms with Crippen LogP contribution in [0, 0.1) is 13.8 Å².